The Labute approximate surface area is 373 Å². The fourth-order valence-electron chi connectivity index (χ4n) is 6.47. The van der Waals surface area contributed by atoms with Gasteiger partial charge in [0.15, 0.2) is 0 Å². The Morgan fingerprint density at radius 1 is 0.404 bits per heavy atom. The Bertz CT molecular complexity index is 1780. The number of ether oxygens (including phenoxy) is 2. The molecule has 11 heteroatoms. The van der Waals surface area contributed by atoms with Gasteiger partial charge in [-0.1, -0.05) is 153 Å². The smallest absolute Gasteiger partial charge is 0.744 e. The van der Waals surface area contributed by atoms with Crippen molar-refractivity contribution in [2.24, 2.45) is 0 Å². The van der Waals surface area contributed by atoms with Crippen molar-refractivity contribution in [2.75, 3.05) is 0 Å². The predicted octanol–water partition coefficient (Wildman–Crippen LogP) is 12.5. The molecule has 57 heavy (non-hydrogen) atoms. The Balaban J connectivity index is 0.000000387. The van der Waals surface area contributed by atoms with Gasteiger partial charge in [-0.15, -0.1) is 0 Å². The number of hydrogen-bond acceptors (Lipinski definition) is 8. The first-order valence-electron chi connectivity index (χ1n) is 20.6. The van der Waals surface area contributed by atoms with E-state index in [0.717, 1.165) is 25.7 Å². The molecule has 0 aliphatic rings. The SMILES string of the molecule is CCCCCCCCCCCc1cccc(Oc2cccc(S(=O)(=O)[O-])c2)c1.CCCCCCCCCCCc1cccc(Oc2cccc(S(=O)(=O)[O-])c2)c1.[Ca+2]. The topological polar surface area (TPSA) is 133 Å². The van der Waals surface area contributed by atoms with E-state index in [0.29, 0.717) is 23.0 Å². The molecule has 0 radical (unpaired) electrons. The molecule has 4 aromatic rings. The monoisotopic (exact) mass is 846 g/mol. The average Bonchev–Trinajstić information content (AvgIpc) is 3.17. The van der Waals surface area contributed by atoms with Crippen molar-refractivity contribution in [3.8, 4) is 23.0 Å². The fraction of sp³-hybridized carbons (Fsp3) is 0.478. The van der Waals surface area contributed by atoms with Gasteiger partial charge in [0.2, 0.25) is 0 Å². The quantitative estimate of drug-likeness (QED) is 0.0346. The van der Waals surface area contributed by atoms with Gasteiger partial charge >= 0.3 is 37.7 Å². The maximum absolute atomic E-state index is 11.1. The zero-order valence-corrected chi connectivity index (χ0v) is 38.0. The van der Waals surface area contributed by atoms with Crippen LogP contribution in [0.3, 0.4) is 0 Å². The van der Waals surface area contributed by atoms with Crippen LogP contribution in [-0.4, -0.2) is 63.7 Å². The molecule has 0 saturated carbocycles. The molecule has 0 heterocycles. The second-order valence-corrected chi connectivity index (χ2v) is 17.3. The summed E-state index contributed by atoms with van der Waals surface area (Å²) in [5.74, 6) is 1.98. The number of aryl methyl sites for hydroxylation is 2. The molecule has 8 nitrogen and oxygen atoms in total. The predicted molar refractivity (Wildman–Crippen MR) is 229 cm³/mol. The zero-order chi connectivity index (χ0) is 40.5. The Morgan fingerprint density at radius 2 is 0.684 bits per heavy atom. The minimum atomic E-state index is -4.48. The Hall–Kier alpha value is -2.44. The van der Waals surface area contributed by atoms with Crippen LogP contribution in [0.4, 0.5) is 0 Å². The van der Waals surface area contributed by atoms with Gasteiger partial charge in [0.1, 0.15) is 43.2 Å². The number of benzene rings is 4. The van der Waals surface area contributed by atoms with Gasteiger partial charge in [-0.25, -0.2) is 16.8 Å². The van der Waals surface area contributed by atoms with Crippen molar-refractivity contribution in [1.29, 1.82) is 0 Å². The molecule has 0 atom stereocenters. The molecule has 4 rings (SSSR count). The third kappa shape index (κ3) is 22.5. The van der Waals surface area contributed by atoms with Crippen molar-refractivity contribution in [3.05, 3.63) is 108 Å². The molecule has 0 unspecified atom stereocenters. The first kappa shape index (κ1) is 50.7. The molecule has 0 amide bonds. The van der Waals surface area contributed by atoms with Gasteiger partial charge < -0.3 is 18.6 Å². The fourth-order valence-corrected chi connectivity index (χ4v) is 7.48. The second kappa shape index (κ2) is 28.9. The van der Waals surface area contributed by atoms with Crippen LogP contribution >= 0.6 is 0 Å². The number of hydrogen-bond donors (Lipinski definition) is 0. The Kier molecular flexibility index (Phi) is 25.7. The molecule has 0 aliphatic carbocycles. The van der Waals surface area contributed by atoms with Gasteiger partial charge in [0.05, 0.1) is 9.79 Å². The normalized spacial score (nSPS) is 11.3. The summed E-state index contributed by atoms with van der Waals surface area (Å²) in [6, 6.07) is 27.0. The number of rotatable bonds is 26. The third-order valence-electron chi connectivity index (χ3n) is 9.59. The van der Waals surface area contributed by atoms with E-state index in [1.165, 1.54) is 150 Å². The van der Waals surface area contributed by atoms with Gasteiger partial charge in [0, 0.05) is 0 Å². The van der Waals surface area contributed by atoms with Crippen LogP contribution in [0.15, 0.2) is 107 Å². The molecular weight excluding hydrogens is 785 g/mol. The minimum absolute atomic E-state index is 0. The van der Waals surface area contributed by atoms with E-state index in [4.69, 9.17) is 9.47 Å². The summed E-state index contributed by atoms with van der Waals surface area (Å²) in [6.45, 7) is 4.49. The van der Waals surface area contributed by atoms with Crippen LogP contribution in [0.1, 0.15) is 141 Å². The van der Waals surface area contributed by atoms with Crippen molar-refractivity contribution < 1.29 is 35.4 Å². The standard InChI is InChI=1S/2C23H32O4S.Ca/c2*1-2-3-4-5-6-7-8-9-10-13-20-14-11-15-21(18-20)27-22-16-12-17-23(19-22)28(24,25)26;/h2*11-12,14-19H,2-10,13H2,1H3,(H,24,25,26);/q;;+2/p-2. The summed E-state index contributed by atoms with van der Waals surface area (Å²) in [5.41, 5.74) is 2.40. The third-order valence-corrected chi connectivity index (χ3v) is 11.3. The van der Waals surface area contributed by atoms with Crippen LogP contribution in [0.25, 0.3) is 0 Å². The van der Waals surface area contributed by atoms with Crippen LogP contribution in [0.5, 0.6) is 23.0 Å². The van der Waals surface area contributed by atoms with Gasteiger partial charge in [0.25, 0.3) is 0 Å². The molecule has 0 bridgehead atoms. The van der Waals surface area contributed by atoms with Gasteiger partial charge in [-0.2, -0.15) is 0 Å². The molecule has 0 aliphatic heterocycles. The van der Waals surface area contributed by atoms with Gasteiger partial charge in [-0.05, 0) is 97.5 Å². The molecule has 0 saturated heterocycles. The molecule has 308 valence electrons. The maximum atomic E-state index is 11.1. The summed E-state index contributed by atoms with van der Waals surface area (Å²) in [4.78, 5) is -0.563. The first-order chi connectivity index (χ1) is 27.0. The first-order valence-corrected chi connectivity index (χ1v) is 23.4. The van der Waals surface area contributed by atoms with E-state index in [1.54, 1.807) is 12.1 Å². The molecule has 0 aromatic heterocycles. The number of unbranched alkanes of at least 4 members (excludes halogenated alkanes) is 16. The minimum Gasteiger partial charge on any atom is -0.744 e. The summed E-state index contributed by atoms with van der Waals surface area (Å²) in [5, 5.41) is 0. The van der Waals surface area contributed by atoms with E-state index in [-0.39, 0.29) is 47.5 Å². The van der Waals surface area contributed by atoms with E-state index >= 15 is 0 Å². The van der Waals surface area contributed by atoms with Crippen LogP contribution in [-0.2, 0) is 33.1 Å². The molecule has 0 fully saturated rings. The van der Waals surface area contributed by atoms with E-state index in [2.05, 4.69) is 26.0 Å². The van der Waals surface area contributed by atoms with E-state index < -0.39 is 20.2 Å². The Morgan fingerprint density at radius 3 is 1.00 bits per heavy atom. The summed E-state index contributed by atoms with van der Waals surface area (Å²) < 4.78 is 78.3. The van der Waals surface area contributed by atoms with E-state index in [1.807, 2.05) is 36.4 Å². The van der Waals surface area contributed by atoms with E-state index in [9.17, 15) is 25.9 Å². The summed E-state index contributed by atoms with van der Waals surface area (Å²) in [7, 11) is -8.96. The summed E-state index contributed by atoms with van der Waals surface area (Å²) in [6.07, 6.45) is 25.5. The van der Waals surface area contributed by atoms with Crippen molar-refractivity contribution >= 4 is 58.0 Å². The second-order valence-electron chi connectivity index (χ2n) is 14.5. The van der Waals surface area contributed by atoms with Crippen molar-refractivity contribution in [2.45, 2.75) is 152 Å². The summed E-state index contributed by atoms with van der Waals surface area (Å²) >= 11 is 0. The molecular formula is C46H62CaO8S2. The van der Waals surface area contributed by atoms with Crippen LogP contribution < -0.4 is 9.47 Å². The maximum Gasteiger partial charge on any atom is 2.00 e. The molecule has 0 N–H and O–H groups in total. The van der Waals surface area contributed by atoms with Gasteiger partial charge in [-0.3, -0.25) is 0 Å². The van der Waals surface area contributed by atoms with Crippen LogP contribution in [0, 0.1) is 0 Å². The molecule has 0 spiro atoms. The zero-order valence-electron chi connectivity index (χ0n) is 34.2. The average molecular weight is 847 g/mol. The van der Waals surface area contributed by atoms with Crippen molar-refractivity contribution in [1.82, 2.24) is 0 Å². The van der Waals surface area contributed by atoms with Crippen LogP contribution in [0.2, 0.25) is 0 Å². The van der Waals surface area contributed by atoms with Crippen molar-refractivity contribution in [3.63, 3.8) is 0 Å². The largest absolute Gasteiger partial charge is 2.00 e. The molecule has 4 aromatic carbocycles.